The molecule has 27 heavy (non-hydrogen) atoms. The van der Waals surface area contributed by atoms with Crippen LogP contribution < -0.4 is 9.80 Å². The first-order chi connectivity index (χ1) is 13.3. The average Bonchev–Trinajstić information content (AvgIpc) is 3.34. The van der Waals surface area contributed by atoms with E-state index in [0.717, 1.165) is 54.3 Å². The van der Waals surface area contributed by atoms with Crippen LogP contribution in [0.15, 0.2) is 54.9 Å². The maximum absolute atomic E-state index is 4.85. The van der Waals surface area contributed by atoms with E-state index in [4.69, 9.17) is 9.97 Å². The lowest BCUT2D eigenvalue weighted by Gasteiger charge is -2.35. The molecule has 0 bridgehead atoms. The zero-order valence-corrected chi connectivity index (χ0v) is 15.9. The average molecular weight is 376 g/mol. The van der Waals surface area contributed by atoms with E-state index in [1.807, 2.05) is 29.8 Å². The first kappa shape index (κ1) is 16.3. The van der Waals surface area contributed by atoms with Crippen molar-refractivity contribution in [1.82, 2.24) is 19.5 Å². The summed E-state index contributed by atoms with van der Waals surface area (Å²) >= 11 is 1.77. The summed E-state index contributed by atoms with van der Waals surface area (Å²) < 4.78 is 3.26. The number of piperazine rings is 1. The molecule has 0 unspecified atom stereocenters. The first-order valence-corrected chi connectivity index (χ1v) is 9.92. The number of hydrogen-bond acceptors (Lipinski definition) is 6. The summed E-state index contributed by atoms with van der Waals surface area (Å²) in [6.07, 6.45) is 3.76. The molecule has 1 aromatic carbocycles. The topological polar surface area (TPSA) is 50.1 Å². The Morgan fingerprint density at radius 1 is 0.852 bits per heavy atom. The predicted octanol–water partition coefficient (Wildman–Crippen LogP) is 3.51. The molecule has 1 saturated heterocycles. The molecule has 3 aromatic heterocycles. The van der Waals surface area contributed by atoms with Crippen LogP contribution in [-0.2, 0) is 0 Å². The van der Waals surface area contributed by atoms with Crippen LogP contribution in [0, 0.1) is 6.92 Å². The number of hydrogen-bond donors (Lipinski definition) is 0. The zero-order valence-electron chi connectivity index (χ0n) is 15.1. The second kappa shape index (κ2) is 6.66. The molecule has 0 radical (unpaired) electrons. The van der Waals surface area contributed by atoms with Crippen LogP contribution >= 0.6 is 11.3 Å². The number of rotatable bonds is 3. The standard InChI is InChI=1S/C20H20N6S/c1-15-21-9-10-26(15)19-8-4-7-18(23-19)24-11-13-25(14-12-24)20-22-16-5-2-3-6-17(16)27-20/h2-10H,11-14H2,1H3. The molecule has 0 saturated carbocycles. The van der Waals surface area contributed by atoms with Gasteiger partial charge in [0.05, 0.1) is 10.2 Å². The Bertz CT molecular complexity index is 1040. The quantitative estimate of drug-likeness (QED) is 0.548. The van der Waals surface area contributed by atoms with E-state index >= 15 is 0 Å². The predicted molar refractivity (Wildman–Crippen MR) is 110 cm³/mol. The molecule has 7 heteroatoms. The van der Waals surface area contributed by atoms with Crippen molar-refractivity contribution in [2.45, 2.75) is 6.92 Å². The molecule has 4 aromatic rings. The summed E-state index contributed by atoms with van der Waals surface area (Å²) in [7, 11) is 0. The van der Waals surface area contributed by atoms with Crippen molar-refractivity contribution >= 4 is 32.5 Å². The fourth-order valence-corrected chi connectivity index (χ4v) is 4.48. The number of imidazole rings is 1. The number of benzene rings is 1. The molecule has 1 fully saturated rings. The lowest BCUT2D eigenvalue weighted by atomic mass is 10.3. The van der Waals surface area contributed by atoms with E-state index in [1.54, 1.807) is 17.5 Å². The molecule has 1 aliphatic heterocycles. The van der Waals surface area contributed by atoms with Crippen molar-refractivity contribution in [3.8, 4) is 5.82 Å². The number of anilines is 2. The molecule has 6 nitrogen and oxygen atoms in total. The van der Waals surface area contributed by atoms with Crippen molar-refractivity contribution < 1.29 is 0 Å². The third kappa shape index (κ3) is 3.04. The lowest BCUT2D eigenvalue weighted by molar-refractivity contribution is 0.645. The Balaban J connectivity index is 1.32. The zero-order chi connectivity index (χ0) is 18.2. The number of thiazole rings is 1. The van der Waals surface area contributed by atoms with Crippen LogP contribution in [0.3, 0.4) is 0 Å². The van der Waals surface area contributed by atoms with Gasteiger partial charge in [0, 0.05) is 38.6 Å². The first-order valence-electron chi connectivity index (χ1n) is 9.11. The maximum Gasteiger partial charge on any atom is 0.186 e. The summed E-state index contributed by atoms with van der Waals surface area (Å²) in [4.78, 5) is 18.7. The third-order valence-corrected chi connectivity index (χ3v) is 6.05. The Kier molecular flexibility index (Phi) is 4.01. The second-order valence-corrected chi connectivity index (χ2v) is 7.65. The minimum Gasteiger partial charge on any atom is -0.353 e. The summed E-state index contributed by atoms with van der Waals surface area (Å²) in [5.41, 5.74) is 1.09. The monoisotopic (exact) mass is 376 g/mol. The number of aromatic nitrogens is 4. The second-order valence-electron chi connectivity index (χ2n) is 6.64. The third-order valence-electron chi connectivity index (χ3n) is 4.95. The van der Waals surface area contributed by atoms with Crippen LogP contribution in [0.1, 0.15) is 5.82 Å². The van der Waals surface area contributed by atoms with Gasteiger partial charge in [-0.15, -0.1) is 0 Å². The normalized spacial score (nSPS) is 14.9. The van der Waals surface area contributed by atoms with Gasteiger partial charge in [-0.05, 0) is 31.2 Å². The highest BCUT2D eigenvalue weighted by molar-refractivity contribution is 7.22. The van der Waals surface area contributed by atoms with Crippen LogP contribution in [-0.4, -0.2) is 45.7 Å². The van der Waals surface area contributed by atoms with Crippen molar-refractivity contribution in [1.29, 1.82) is 0 Å². The number of pyridine rings is 1. The maximum atomic E-state index is 4.85. The van der Waals surface area contributed by atoms with Gasteiger partial charge in [-0.25, -0.2) is 15.0 Å². The minimum absolute atomic E-state index is 0.913. The molecule has 0 N–H and O–H groups in total. The van der Waals surface area contributed by atoms with E-state index in [2.05, 4.69) is 45.1 Å². The Hall–Kier alpha value is -2.93. The lowest BCUT2D eigenvalue weighted by Crippen LogP contribution is -2.46. The fraction of sp³-hybridized carbons (Fsp3) is 0.250. The number of fused-ring (bicyclic) bond motifs is 1. The fourth-order valence-electron chi connectivity index (χ4n) is 3.46. The summed E-state index contributed by atoms with van der Waals surface area (Å²) in [6.45, 7) is 5.78. The Morgan fingerprint density at radius 2 is 1.63 bits per heavy atom. The molecule has 0 atom stereocenters. The highest BCUT2D eigenvalue weighted by Gasteiger charge is 2.21. The molecule has 0 spiro atoms. The van der Waals surface area contributed by atoms with Crippen molar-refractivity contribution in [2.75, 3.05) is 36.0 Å². The van der Waals surface area contributed by atoms with E-state index in [-0.39, 0.29) is 0 Å². The van der Waals surface area contributed by atoms with Crippen LogP contribution in [0.4, 0.5) is 10.9 Å². The largest absolute Gasteiger partial charge is 0.353 e. The van der Waals surface area contributed by atoms with Gasteiger partial charge < -0.3 is 9.80 Å². The molecule has 1 aliphatic rings. The number of aryl methyl sites for hydroxylation is 1. The van der Waals surface area contributed by atoms with Crippen molar-refractivity contribution in [3.63, 3.8) is 0 Å². The highest BCUT2D eigenvalue weighted by Crippen LogP contribution is 2.29. The van der Waals surface area contributed by atoms with Gasteiger partial charge in [-0.2, -0.15) is 0 Å². The Morgan fingerprint density at radius 3 is 2.41 bits per heavy atom. The number of nitrogens with zero attached hydrogens (tertiary/aromatic N) is 6. The molecule has 0 amide bonds. The highest BCUT2D eigenvalue weighted by atomic mass is 32.1. The summed E-state index contributed by atoms with van der Waals surface area (Å²) in [6, 6.07) is 14.5. The SMILES string of the molecule is Cc1nccn1-c1cccc(N2CCN(c3nc4ccccc4s3)CC2)n1. The van der Waals surface area contributed by atoms with Gasteiger partial charge >= 0.3 is 0 Å². The molecule has 5 rings (SSSR count). The van der Waals surface area contributed by atoms with Crippen LogP contribution in [0.5, 0.6) is 0 Å². The van der Waals surface area contributed by atoms with E-state index < -0.39 is 0 Å². The van der Waals surface area contributed by atoms with Gasteiger partial charge in [0.2, 0.25) is 0 Å². The van der Waals surface area contributed by atoms with E-state index in [0.29, 0.717) is 0 Å². The van der Waals surface area contributed by atoms with E-state index in [9.17, 15) is 0 Å². The van der Waals surface area contributed by atoms with Crippen molar-refractivity contribution in [2.24, 2.45) is 0 Å². The minimum atomic E-state index is 0.913. The van der Waals surface area contributed by atoms with Crippen LogP contribution in [0.2, 0.25) is 0 Å². The molecular weight excluding hydrogens is 356 g/mol. The smallest absolute Gasteiger partial charge is 0.186 e. The van der Waals surface area contributed by atoms with Gasteiger partial charge in [0.1, 0.15) is 17.5 Å². The molecule has 4 heterocycles. The summed E-state index contributed by atoms with van der Waals surface area (Å²) in [5.74, 6) is 2.88. The van der Waals surface area contributed by atoms with E-state index in [1.165, 1.54) is 4.70 Å². The van der Waals surface area contributed by atoms with Crippen LogP contribution in [0.25, 0.3) is 16.0 Å². The number of para-hydroxylation sites is 1. The van der Waals surface area contributed by atoms with Gasteiger partial charge in [0.15, 0.2) is 5.13 Å². The molecule has 0 aliphatic carbocycles. The van der Waals surface area contributed by atoms with Gasteiger partial charge in [-0.1, -0.05) is 29.5 Å². The van der Waals surface area contributed by atoms with Crippen molar-refractivity contribution in [3.05, 3.63) is 60.7 Å². The Labute approximate surface area is 161 Å². The molecule has 136 valence electrons. The molecular formula is C20H20N6S. The van der Waals surface area contributed by atoms with Gasteiger partial charge in [0.25, 0.3) is 0 Å². The van der Waals surface area contributed by atoms with Gasteiger partial charge in [-0.3, -0.25) is 4.57 Å². The summed E-state index contributed by atoms with van der Waals surface area (Å²) in [5, 5.41) is 1.12.